The molecular formula is C12H13F3NO3S+. The van der Waals surface area contributed by atoms with Gasteiger partial charge >= 0.3 is 17.8 Å². The Hall–Kier alpha value is -1.70. The zero-order valence-corrected chi connectivity index (χ0v) is 11.7. The molecule has 0 unspecified atom stereocenters. The van der Waals surface area contributed by atoms with Crippen LogP contribution in [-0.2, 0) is 9.53 Å². The maximum Gasteiger partial charge on any atom is 0.479 e. The standard InChI is InChI=1S/C12H12F3NO3S/c1-3-19-11(17)9(20)10(12(13,14)15)16-6-4-8(18-2)5-7-16/h4-7H,3H2,1-2H3/p+1/b10-9-. The summed E-state index contributed by atoms with van der Waals surface area (Å²) in [5.41, 5.74) is -1.22. The predicted octanol–water partition coefficient (Wildman–Crippen LogP) is 2.21. The van der Waals surface area contributed by atoms with Crippen LogP contribution in [0.1, 0.15) is 6.92 Å². The van der Waals surface area contributed by atoms with E-state index in [0.717, 1.165) is 17.0 Å². The molecule has 0 aliphatic carbocycles. The van der Waals surface area contributed by atoms with Gasteiger partial charge in [0, 0.05) is 12.1 Å². The Labute approximate surface area is 119 Å². The van der Waals surface area contributed by atoms with Gasteiger partial charge in [-0.05, 0) is 6.92 Å². The minimum atomic E-state index is -4.76. The number of rotatable bonds is 4. The summed E-state index contributed by atoms with van der Waals surface area (Å²) in [6.45, 7) is 1.45. The summed E-state index contributed by atoms with van der Waals surface area (Å²) in [6, 6.07) is 2.66. The number of esters is 1. The van der Waals surface area contributed by atoms with Gasteiger partial charge in [-0.1, -0.05) is 0 Å². The van der Waals surface area contributed by atoms with Crippen LogP contribution in [0.3, 0.4) is 0 Å². The van der Waals surface area contributed by atoms with Crippen molar-refractivity contribution in [1.29, 1.82) is 0 Å². The van der Waals surface area contributed by atoms with Gasteiger partial charge in [0.25, 0.3) is 0 Å². The molecule has 0 aliphatic rings. The summed E-state index contributed by atoms with van der Waals surface area (Å²) >= 11 is 3.64. The molecule has 0 saturated carbocycles. The van der Waals surface area contributed by atoms with Crippen molar-refractivity contribution in [2.24, 2.45) is 0 Å². The van der Waals surface area contributed by atoms with E-state index in [1.807, 2.05) is 0 Å². The van der Waals surface area contributed by atoms with E-state index in [1.54, 1.807) is 0 Å². The van der Waals surface area contributed by atoms with Gasteiger partial charge in [-0.25, -0.2) is 4.79 Å². The van der Waals surface area contributed by atoms with E-state index < -0.39 is 22.7 Å². The third-order valence-electron chi connectivity index (χ3n) is 2.25. The zero-order valence-electron chi connectivity index (χ0n) is 10.8. The largest absolute Gasteiger partial charge is 0.496 e. The lowest BCUT2D eigenvalue weighted by atomic mass is 10.3. The number of alkyl halides is 3. The van der Waals surface area contributed by atoms with E-state index in [2.05, 4.69) is 17.4 Å². The maximum atomic E-state index is 13.1. The van der Waals surface area contributed by atoms with E-state index in [4.69, 9.17) is 4.74 Å². The number of hydrogen-bond acceptors (Lipinski definition) is 4. The van der Waals surface area contributed by atoms with Crippen LogP contribution in [0.25, 0.3) is 5.70 Å². The van der Waals surface area contributed by atoms with E-state index in [1.165, 1.54) is 26.2 Å². The summed E-state index contributed by atoms with van der Waals surface area (Å²) in [5, 5.41) is 0. The van der Waals surface area contributed by atoms with Crippen molar-refractivity contribution in [2.75, 3.05) is 13.7 Å². The number of aromatic nitrogens is 1. The fourth-order valence-electron chi connectivity index (χ4n) is 1.40. The van der Waals surface area contributed by atoms with Gasteiger partial charge in [-0.3, -0.25) is 0 Å². The molecule has 0 aromatic carbocycles. The molecule has 0 bridgehead atoms. The third-order valence-corrected chi connectivity index (χ3v) is 2.65. The fraction of sp³-hybridized carbons (Fsp3) is 0.333. The first-order valence-electron chi connectivity index (χ1n) is 5.54. The third kappa shape index (κ3) is 3.89. The Kier molecular flexibility index (Phi) is 5.43. The van der Waals surface area contributed by atoms with Gasteiger partial charge in [-0.15, -0.1) is 12.6 Å². The molecule has 4 nitrogen and oxygen atoms in total. The number of hydrogen-bond donors (Lipinski definition) is 1. The lowest BCUT2D eigenvalue weighted by Gasteiger charge is -2.09. The molecule has 20 heavy (non-hydrogen) atoms. The number of nitrogens with zero attached hydrogens (tertiary/aromatic N) is 1. The number of carbonyl (C=O) groups is 1. The van der Waals surface area contributed by atoms with Gasteiger partial charge in [0.05, 0.1) is 13.7 Å². The van der Waals surface area contributed by atoms with Crippen LogP contribution in [0.4, 0.5) is 13.2 Å². The van der Waals surface area contributed by atoms with Crippen molar-refractivity contribution < 1.29 is 32.0 Å². The molecule has 0 N–H and O–H groups in total. The monoisotopic (exact) mass is 308 g/mol. The highest BCUT2D eigenvalue weighted by Crippen LogP contribution is 2.30. The zero-order chi connectivity index (χ0) is 15.3. The van der Waals surface area contributed by atoms with E-state index >= 15 is 0 Å². The molecule has 0 fully saturated rings. The van der Waals surface area contributed by atoms with E-state index in [0.29, 0.717) is 5.75 Å². The van der Waals surface area contributed by atoms with E-state index in [-0.39, 0.29) is 6.61 Å². The molecule has 0 saturated heterocycles. The summed E-state index contributed by atoms with van der Waals surface area (Å²) in [5.74, 6) is -0.744. The summed E-state index contributed by atoms with van der Waals surface area (Å²) in [7, 11) is 1.39. The van der Waals surface area contributed by atoms with Gasteiger partial charge < -0.3 is 9.47 Å². The normalized spacial score (nSPS) is 12.7. The number of thiol groups is 1. The van der Waals surface area contributed by atoms with Crippen LogP contribution in [-0.4, -0.2) is 25.9 Å². The number of allylic oxidation sites excluding steroid dienone is 1. The molecule has 8 heteroatoms. The van der Waals surface area contributed by atoms with Crippen LogP contribution in [0.2, 0.25) is 0 Å². The molecular weight excluding hydrogens is 295 g/mol. The lowest BCUT2D eigenvalue weighted by molar-refractivity contribution is -0.596. The van der Waals surface area contributed by atoms with E-state index in [9.17, 15) is 18.0 Å². The average molecular weight is 308 g/mol. The number of halogens is 3. The number of methoxy groups -OCH3 is 1. The van der Waals surface area contributed by atoms with Crippen molar-refractivity contribution in [1.82, 2.24) is 0 Å². The molecule has 0 atom stereocenters. The molecule has 0 aliphatic heterocycles. The molecule has 1 rings (SSSR count). The highest BCUT2D eigenvalue weighted by atomic mass is 32.1. The Morgan fingerprint density at radius 2 is 1.90 bits per heavy atom. The Bertz CT molecular complexity index is 512. The second-order valence-corrected chi connectivity index (χ2v) is 4.01. The van der Waals surface area contributed by atoms with Gasteiger partial charge in [0.1, 0.15) is 5.75 Å². The van der Waals surface area contributed by atoms with Gasteiger partial charge in [-0.2, -0.15) is 17.7 Å². The first kappa shape index (κ1) is 16.4. The molecule has 1 aromatic heterocycles. The van der Waals surface area contributed by atoms with Crippen LogP contribution < -0.4 is 9.30 Å². The topological polar surface area (TPSA) is 39.4 Å². The second kappa shape index (κ2) is 6.65. The van der Waals surface area contributed by atoms with Crippen molar-refractivity contribution in [3.05, 3.63) is 29.4 Å². The average Bonchev–Trinajstić information content (AvgIpc) is 2.38. The number of ether oxygens (including phenoxy) is 2. The highest BCUT2D eigenvalue weighted by molar-refractivity contribution is 7.85. The minimum absolute atomic E-state index is 0.0404. The molecule has 1 heterocycles. The highest BCUT2D eigenvalue weighted by Gasteiger charge is 2.46. The number of carbonyl (C=O) groups excluding carboxylic acids is 1. The fourth-order valence-corrected chi connectivity index (χ4v) is 1.70. The van der Waals surface area contributed by atoms with Crippen LogP contribution >= 0.6 is 12.6 Å². The smallest absolute Gasteiger partial charge is 0.479 e. The molecule has 110 valence electrons. The Balaban J connectivity index is 3.32. The van der Waals surface area contributed by atoms with Crippen molar-refractivity contribution in [2.45, 2.75) is 13.1 Å². The summed E-state index contributed by atoms with van der Waals surface area (Å²) in [6.07, 6.45) is -2.52. The lowest BCUT2D eigenvalue weighted by Crippen LogP contribution is -2.40. The SMILES string of the molecule is CCOC(=O)/C(S)=C(/[n+]1ccc(OC)cc1)C(F)(F)F. The minimum Gasteiger partial charge on any atom is -0.496 e. The maximum absolute atomic E-state index is 13.1. The second-order valence-electron chi connectivity index (χ2n) is 3.56. The molecule has 1 aromatic rings. The Morgan fingerprint density at radius 1 is 1.35 bits per heavy atom. The number of pyridine rings is 1. The quantitative estimate of drug-likeness (QED) is 0.401. The molecule has 0 amide bonds. The van der Waals surface area contributed by atoms with Crippen LogP contribution in [0.5, 0.6) is 5.75 Å². The van der Waals surface area contributed by atoms with Crippen molar-refractivity contribution in [3.63, 3.8) is 0 Å². The Morgan fingerprint density at radius 3 is 2.30 bits per heavy atom. The van der Waals surface area contributed by atoms with Crippen LogP contribution in [0.15, 0.2) is 29.4 Å². The predicted molar refractivity (Wildman–Crippen MR) is 68.1 cm³/mol. The van der Waals surface area contributed by atoms with Crippen LogP contribution in [0, 0.1) is 0 Å². The first-order valence-corrected chi connectivity index (χ1v) is 5.99. The first-order chi connectivity index (χ1) is 9.31. The summed E-state index contributed by atoms with van der Waals surface area (Å²) < 4.78 is 49.4. The summed E-state index contributed by atoms with van der Waals surface area (Å²) in [4.78, 5) is 10.6. The molecule has 0 radical (unpaired) electrons. The van der Waals surface area contributed by atoms with Crippen molar-refractivity contribution in [3.8, 4) is 5.75 Å². The van der Waals surface area contributed by atoms with Gasteiger partial charge in [0.15, 0.2) is 17.3 Å². The molecule has 0 spiro atoms. The van der Waals surface area contributed by atoms with Gasteiger partial charge in [0.2, 0.25) is 0 Å². The van der Waals surface area contributed by atoms with Crippen molar-refractivity contribution >= 4 is 24.3 Å².